The summed E-state index contributed by atoms with van der Waals surface area (Å²) in [6, 6.07) is 15.2. The van der Waals surface area contributed by atoms with E-state index in [4.69, 9.17) is 10.5 Å². The summed E-state index contributed by atoms with van der Waals surface area (Å²) in [5, 5.41) is 2.89. The minimum atomic E-state index is -0.780. The van der Waals surface area contributed by atoms with Gasteiger partial charge in [-0.25, -0.2) is 0 Å². The third kappa shape index (κ3) is 2.70. The zero-order valence-electron chi connectivity index (χ0n) is 13.8. The van der Waals surface area contributed by atoms with Gasteiger partial charge < -0.3 is 15.8 Å². The number of amides is 2. The molecule has 128 valence electrons. The number of hydrogen-bond acceptors (Lipinski definition) is 3. The van der Waals surface area contributed by atoms with Gasteiger partial charge in [-0.2, -0.15) is 0 Å². The number of carbonyl (C=O) groups excluding carboxylic acids is 2. The lowest BCUT2D eigenvalue weighted by Crippen LogP contribution is -2.50. The minimum absolute atomic E-state index is 0.164. The second-order valence-corrected chi connectivity index (χ2v) is 6.60. The lowest BCUT2D eigenvalue weighted by Gasteiger charge is -2.25. The van der Waals surface area contributed by atoms with Crippen LogP contribution < -0.4 is 11.1 Å². The first-order valence-electron chi connectivity index (χ1n) is 8.52. The summed E-state index contributed by atoms with van der Waals surface area (Å²) in [6.45, 7) is 0.976. The normalized spacial score (nSPS) is 19.9. The van der Waals surface area contributed by atoms with Crippen molar-refractivity contribution in [2.45, 2.75) is 18.4 Å². The molecule has 1 heterocycles. The maximum atomic E-state index is 12.5. The van der Waals surface area contributed by atoms with E-state index in [-0.39, 0.29) is 17.7 Å². The van der Waals surface area contributed by atoms with Gasteiger partial charge in [-0.3, -0.25) is 9.59 Å². The highest BCUT2D eigenvalue weighted by atomic mass is 16.5. The van der Waals surface area contributed by atoms with Gasteiger partial charge in [0.2, 0.25) is 11.8 Å². The van der Waals surface area contributed by atoms with E-state index in [0.717, 1.165) is 22.3 Å². The van der Waals surface area contributed by atoms with Crippen molar-refractivity contribution in [3.05, 3.63) is 59.7 Å². The van der Waals surface area contributed by atoms with Gasteiger partial charge in [-0.1, -0.05) is 48.5 Å². The maximum absolute atomic E-state index is 12.5. The number of benzene rings is 2. The highest BCUT2D eigenvalue weighted by Gasteiger charge is 2.39. The molecule has 2 aromatic carbocycles. The zero-order valence-corrected chi connectivity index (χ0v) is 13.8. The average molecular weight is 336 g/mol. The molecule has 0 aromatic heterocycles. The molecule has 4 rings (SSSR count). The Morgan fingerprint density at radius 1 is 1.04 bits per heavy atom. The summed E-state index contributed by atoms with van der Waals surface area (Å²) in [4.78, 5) is 24.8. The van der Waals surface area contributed by atoms with Crippen LogP contribution in [-0.2, 0) is 14.3 Å². The smallest absolute Gasteiger partial charge is 0.240 e. The predicted octanol–water partition coefficient (Wildman–Crippen LogP) is 1.81. The Morgan fingerprint density at radius 3 is 2.16 bits per heavy atom. The van der Waals surface area contributed by atoms with E-state index in [0.29, 0.717) is 19.6 Å². The molecule has 0 saturated carbocycles. The topological polar surface area (TPSA) is 81.4 Å². The molecule has 0 spiro atoms. The van der Waals surface area contributed by atoms with E-state index in [1.807, 2.05) is 48.5 Å². The van der Waals surface area contributed by atoms with E-state index < -0.39 is 11.9 Å². The van der Waals surface area contributed by atoms with E-state index >= 15 is 0 Å². The molecule has 3 N–H and O–H groups in total. The number of hydrogen-bond donors (Lipinski definition) is 2. The summed E-state index contributed by atoms with van der Waals surface area (Å²) in [6.07, 6.45) is 0.676. The number of ether oxygens (including phenoxy) is 1. The molecule has 0 bridgehead atoms. The summed E-state index contributed by atoms with van der Waals surface area (Å²) >= 11 is 0. The molecule has 2 amide bonds. The van der Waals surface area contributed by atoms with Crippen molar-refractivity contribution in [3.63, 3.8) is 0 Å². The van der Waals surface area contributed by atoms with Gasteiger partial charge in [0.15, 0.2) is 0 Å². The van der Waals surface area contributed by atoms with Crippen molar-refractivity contribution in [1.29, 1.82) is 0 Å². The average Bonchev–Trinajstić information content (AvgIpc) is 3.26. The highest BCUT2D eigenvalue weighted by Crippen LogP contribution is 2.46. The molecule has 5 nitrogen and oxygen atoms in total. The van der Waals surface area contributed by atoms with Gasteiger partial charge in [0, 0.05) is 12.5 Å². The third-order valence-corrected chi connectivity index (χ3v) is 5.12. The second-order valence-electron chi connectivity index (χ2n) is 6.60. The minimum Gasteiger partial charge on any atom is -0.381 e. The standard InChI is InChI=1S/C20H20N2O3/c21-19(23)18(22-20(24)12-9-10-25-11-12)17-15-7-3-1-5-13(15)14-6-2-4-8-16(14)17/h1-8,12,17-18H,9-11H2,(H2,21,23)(H,22,24)/t12-,18-/m1/s1. The van der Waals surface area contributed by atoms with E-state index in [2.05, 4.69) is 5.32 Å². The maximum Gasteiger partial charge on any atom is 0.240 e. The molecule has 0 radical (unpaired) electrons. The van der Waals surface area contributed by atoms with Crippen LogP contribution in [0.1, 0.15) is 23.5 Å². The molecular weight excluding hydrogens is 316 g/mol. The van der Waals surface area contributed by atoms with Crippen molar-refractivity contribution in [1.82, 2.24) is 5.32 Å². The number of rotatable bonds is 4. The van der Waals surface area contributed by atoms with E-state index in [1.54, 1.807) is 0 Å². The lowest BCUT2D eigenvalue weighted by molar-refractivity contribution is -0.130. The Hall–Kier alpha value is -2.66. The number of nitrogens with one attached hydrogen (secondary N) is 1. The quantitative estimate of drug-likeness (QED) is 0.893. The monoisotopic (exact) mass is 336 g/mol. The molecule has 0 unspecified atom stereocenters. The van der Waals surface area contributed by atoms with Crippen molar-refractivity contribution < 1.29 is 14.3 Å². The van der Waals surface area contributed by atoms with Crippen LogP contribution in [0.5, 0.6) is 0 Å². The van der Waals surface area contributed by atoms with Crippen LogP contribution in [0.15, 0.2) is 48.5 Å². The van der Waals surface area contributed by atoms with Crippen molar-refractivity contribution in [2.24, 2.45) is 11.7 Å². The Morgan fingerprint density at radius 2 is 1.64 bits per heavy atom. The van der Waals surface area contributed by atoms with Gasteiger partial charge in [-0.05, 0) is 28.7 Å². The van der Waals surface area contributed by atoms with Crippen molar-refractivity contribution >= 4 is 11.8 Å². The molecule has 2 aromatic rings. The number of nitrogens with two attached hydrogens (primary N) is 1. The second kappa shape index (κ2) is 6.33. The van der Waals surface area contributed by atoms with E-state index in [1.165, 1.54) is 0 Å². The molecule has 25 heavy (non-hydrogen) atoms. The molecule has 1 saturated heterocycles. The van der Waals surface area contributed by atoms with Gasteiger partial charge in [0.05, 0.1) is 12.5 Å². The largest absolute Gasteiger partial charge is 0.381 e. The van der Waals surface area contributed by atoms with E-state index in [9.17, 15) is 9.59 Å². The molecule has 1 aliphatic heterocycles. The fourth-order valence-electron chi connectivity index (χ4n) is 3.88. The van der Waals surface area contributed by atoms with Gasteiger partial charge in [-0.15, -0.1) is 0 Å². The summed E-state index contributed by atoms with van der Waals surface area (Å²) in [5.74, 6) is -1.17. The van der Waals surface area contributed by atoms with Crippen LogP contribution in [0.2, 0.25) is 0 Å². The summed E-state index contributed by atoms with van der Waals surface area (Å²) in [7, 11) is 0. The first-order valence-corrected chi connectivity index (χ1v) is 8.52. The number of fused-ring (bicyclic) bond motifs is 3. The Bertz CT molecular complexity index is 782. The third-order valence-electron chi connectivity index (χ3n) is 5.12. The first kappa shape index (κ1) is 15.8. The molecule has 2 aliphatic rings. The van der Waals surface area contributed by atoms with Crippen molar-refractivity contribution in [3.8, 4) is 11.1 Å². The molecule has 1 fully saturated rings. The summed E-state index contributed by atoms with van der Waals surface area (Å²) in [5.41, 5.74) is 9.92. The SMILES string of the molecule is NC(=O)[C@H](NC(=O)[C@@H]1CCOC1)C1c2ccccc2-c2ccccc21. The lowest BCUT2D eigenvalue weighted by atomic mass is 9.88. The van der Waals surface area contributed by atoms with Gasteiger partial charge >= 0.3 is 0 Å². The van der Waals surface area contributed by atoms with Gasteiger partial charge in [0.25, 0.3) is 0 Å². The zero-order chi connectivity index (χ0) is 17.4. The molecular formula is C20H20N2O3. The van der Waals surface area contributed by atoms with Crippen LogP contribution in [0.3, 0.4) is 0 Å². The van der Waals surface area contributed by atoms with Crippen LogP contribution in [-0.4, -0.2) is 31.1 Å². The Balaban J connectivity index is 1.72. The number of primary amides is 1. The van der Waals surface area contributed by atoms with Gasteiger partial charge in [0.1, 0.15) is 6.04 Å². The summed E-state index contributed by atoms with van der Waals surface area (Å²) < 4.78 is 5.28. The molecule has 1 aliphatic carbocycles. The number of carbonyl (C=O) groups is 2. The molecule has 5 heteroatoms. The molecule has 2 atom stereocenters. The predicted molar refractivity (Wildman–Crippen MR) is 93.8 cm³/mol. The fraction of sp³-hybridized carbons (Fsp3) is 0.300. The van der Waals surface area contributed by atoms with Crippen LogP contribution in [0.4, 0.5) is 0 Å². The van der Waals surface area contributed by atoms with Crippen molar-refractivity contribution in [2.75, 3.05) is 13.2 Å². The first-order chi connectivity index (χ1) is 12.2. The fourth-order valence-corrected chi connectivity index (χ4v) is 3.88. The van der Waals surface area contributed by atoms with Crippen LogP contribution in [0.25, 0.3) is 11.1 Å². The van der Waals surface area contributed by atoms with Crippen LogP contribution >= 0.6 is 0 Å². The Labute approximate surface area is 146 Å². The highest BCUT2D eigenvalue weighted by molar-refractivity contribution is 5.91. The Kier molecular flexibility index (Phi) is 4.01. The van der Waals surface area contributed by atoms with Crippen LogP contribution in [0, 0.1) is 5.92 Å².